The molecule has 0 fully saturated rings. The third-order valence-corrected chi connectivity index (χ3v) is 2.36. The first kappa shape index (κ1) is 17.1. The van der Waals surface area contributed by atoms with Gasteiger partial charge in [-0.25, -0.2) is 0 Å². The number of hydrogen-bond acceptors (Lipinski definition) is 3. The molecule has 0 unspecified atom stereocenters. The molecule has 0 saturated carbocycles. The SMILES string of the molecule is Cl.Cl.[Ti][O]c1ccccc1C=Nc1ccccn1. The Balaban J connectivity index is 0.00000144. The first-order chi connectivity index (χ1) is 7.90. The molecule has 2 rings (SSSR count). The Morgan fingerprint density at radius 3 is 2.44 bits per heavy atom. The predicted molar refractivity (Wildman–Crippen MR) is 73.1 cm³/mol. The molecule has 1 heterocycles. The standard InChI is InChI=1S/C12H10N2O.2ClH.Ti/c15-11-6-2-1-5-10(11)9-14-12-7-3-4-8-13-12;;;/h1-9,15H;2*1H;/q;;;+1/p-1. The van der Waals surface area contributed by atoms with Crippen LogP contribution in [0.15, 0.2) is 53.7 Å². The van der Waals surface area contributed by atoms with Gasteiger partial charge in [-0.1, -0.05) is 0 Å². The fourth-order valence-electron chi connectivity index (χ4n) is 1.25. The molecule has 0 spiro atoms. The first-order valence-electron chi connectivity index (χ1n) is 4.78. The number of benzene rings is 1. The van der Waals surface area contributed by atoms with Crippen molar-refractivity contribution in [2.45, 2.75) is 0 Å². The van der Waals surface area contributed by atoms with Crippen LogP contribution in [0.5, 0.6) is 5.75 Å². The maximum absolute atomic E-state index is 5.22. The van der Waals surface area contributed by atoms with Crippen LogP contribution in [0.4, 0.5) is 5.82 Å². The summed E-state index contributed by atoms with van der Waals surface area (Å²) in [6.07, 6.45) is 3.47. The minimum absolute atomic E-state index is 0. The summed E-state index contributed by atoms with van der Waals surface area (Å²) in [7, 11) is 0. The van der Waals surface area contributed by atoms with E-state index >= 15 is 0 Å². The van der Waals surface area contributed by atoms with Crippen LogP contribution in [0.1, 0.15) is 5.56 Å². The minimum atomic E-state index is 0. The summed E-state index contributed by atoms with van der Waals surface area (Å²) in [5, 5.41) is 0. The van der Waals surface area contributed by atoms with Gasteiger partial charge >= 0.3 is 106 Å². The molecule has 1 aromatic carbocycles. The summed E-state index contributed by atoms with van der Waals surface area (Å²) in [6.45, 7) is 0. The number of rotatable bonds is 3. The molecule has 93 valence electrons. The molecule has 18 heavy (non-hydrogen) atoms. The molecule has 0 bridgehead atoms. The van der Waals surface area contributed by atoms with Crippen LogP contribution >= 0.6 is 24.8 Å². The molecular weight excluding hydrogens is 307 g/mol. The van der Waals surface area contributed by atoms with Crippen LogP contribution < -0.4 is 3.32 Å². The van der Waals surface area contributed by atoms with Gasteiger partial charge in [-0.05, 0) is 0 Å². The summed E-state index contributed by atoms with van der Waals surface area (Å²) in [5.74, 6) is 1.50. The molecule has 0 aliphatic carbocycles. The summed E-state index contributed by atoms with van der Waals surface area (Å²) < 4.78 is 5.22. The number of halogens is 2. The number of aliphatic imine (C=N–C) groups is 1. The molecule has 0 radical (unpaired) electrons. The third-order valence-electron chi connectivity index (χ3n) is 2.01. The van der Waals surface area contributed by atoms with Crippen LogP contribution in [0.25, 0.3) is 0 Å². The molecule has 0 N–H and O–H groups in total. The number of pyridine rings is 1. The van der Waals surface area contributed by atoms with Crippen molar-refractivity contribution in [1.29, 1.82) is 0 Å². The van der Waals surface area contributed by atoms with E-state index in [1.807, 2.05) is 42.5 Å². The van der Waals surface area contributed by atoms with E-state index in [2.05, 4.69) is 9.98 Å². The zero-order valence-corrected chi connectivity index (χ0v) is 12.5. The maximum atomic E-state index is 5.22. The van der Waals surface area contributed by atoms with Crippen molar-refractivity contribution in [2.75, 3.05) is 0 Å². The number of aromatic nitrogens is 1. The normalized spacial score (nSPS) is 9.28. The molecule has 0 aliphatic rings. The van der Waals surface area contributed by atoms with Gasteiger partial charge in [0.15, 0.2) is 0 Å². The summed E-state index contributed by atoms with van der Waals surface area (Å²) in [4.78, 5) is 8.38. The summed E-state index contributed by atoms with van der Waals surface area (Å²) in [6, 6.07) is 13.3. The second kappa shape index (κ2) is 9.12. The van der Waals surface area contributed by atoms with Crippen molar-refractivity contribution in [1.82, 2.24) is 4.98 Å². The molecule has 1 aromatic heterocycles. The van der Waals surface area contributed by atoms with Gasteiger partial charge in [0.2, 0.25) is 0 Å². The Kier molecular flexibility index (Phi) is 8.68. The van der Waals surface area contributed by atoms with Gasteiger partial charge in [0.25, 0.3) is 0 Å². The Morgan fingerprint density at radius 1 is 1.06 bits per heavy atom. The van der Waals surface area contributed by atoms with Gasteiger partial charge in [0.05, 0.1) is 0 Å². The zero-order chi connectivity index (χ0) is 11.2. The van der Waals surface area contributed by atoms with E-state index in [0.717, 1.165) is 11.3 Å². The van der Waals surface area contributed by atoms with E-state index in [-0.39, 0.29) is 24.8 Å². The monoisotopic (exact) mass is 317 g/mol. The average molecular weight is 318 g/mol. The van der Waals surface area contributed by atoms with Crippen molar-refractivity contribution >= 4 is 36.8 Å². The van der Waals surface area contributed by atoms with Crippen LogP contribution in [-0.4, -0.2) is 11.2 Å². The van der Waals surface area contributed by atoms with Crippen LogP contribution in [0.3, 0.4) is 0 Å². The molecule has 2 aromatic rings. The quantitative estimate of drug-likeness (QED) is 0.641. The molecule has 3 nitrogen and oxygen atoms in total. The Morgan fingerprint density at radius 2 is 1.78 bits per heavy atom. The van der Waals surface area contributed by atoms with Gasteiger partial charge in [-0.2, -0.15) is 0 Å². The number of hydrogen-bond donors (Lipinski definition) is 0. The predicted octanol–water partition coefficient (Wildman–Crippen LogP) is 3.52. The van der Waals surface area contributed by atoms with Gasteiger partial charge in [0.1, 0.15) is 0 Å². The Labute approximate surface area is 130 Å². The van der Waals surface area contributed by atoms with E-state index < -0.39 is 0 Å². The van der Waals surface area contributed by atoms with Crippen molar-refractivity contribution in [3.8, 4) is 5.75 Å². The fraction of sp³-hybridized carbons (Fsp3) is 0. The van der Waals surface area contributed by atoms with E-state index in [4.69, 9.17) is 3.32 Å². The van der Waals surface area contributed by atoms with Crippen LogP contribution in [0, 0.1) is 0 Å². The van der Waals surface area contributed by atoms with Crippen LogP contribution in [0.2, 0.25) is 0 Å². The second-order valence-corrected chi connectivity index (χ2v) is 3.40. The van der Waals surface area contributed by atoms with Gasteiger partial charge < -0.3 is 0 Å². The molecule has 0 atom stereocenters. The van der Waals surface area contributed by atoms with Crippen molar-refractivity contribution in [2.24, 2.45) is 4.99 Å². The topological polar surface area (TPSA) is 34.5 Å². The Hall–Kier alpha value is -0.866. The van der Waals surface area contributed by atoms with Gasteiger partial charge in [-0.3, -0.25) is 0 Å². The van der Waals surface area contributed by atoms with E-state index in [9.17, 15) is 0 Å². The molecule has 6 heteroatoms. The Bertz CT molecular complexity index is 494. The fourth-order valence-corrected chi connectivity index (χ4v) is 1.54. The first-order valence-corrected chi connectivity index (χ1v) is 5.41. The molecule has 0 amide bonds. The number of nitrogens with zero attached hydrogens (tertiary/aromatic N) is 2. The van der Waals surface area contributed by atoms with E-state index in [1.54, 1.807) is 33.2 Å². The molecule has 0 saturated heterocycles. The molecular formula is C12H11Cl2N2OTi. The third kappa shape index (κ3) is 4.79. The van der Waals surface area contributed by atoms with E-state index in [1.165, 1.54) is 0 Å². The summed E-state index contributed by atoms with van der Waals surface area (Å²) in [5.41, 5.74) is 0.940. The second-order valence-electron chi connectivity index (χ2n) is 3.09. The van der Waals surface area contributed by atoms with Crippen LogP contribution in [-0.2, 0) is 20.8 Å². The van der Waals surface area contributed by atoms with Gasteiger partial charge in [0, 0.05) is 0 Å². The van der Waals surface area contributed by atoms with Gasteiger partial charge in [-0.15, -0.1) is 24.8 Å². The summed E-state index contributed by atoms with van der Waals surface area (Å²) >= 11 is 1.65. The average Bonchev–Trinajstić information content (AvgIpc) is 2.38. The van der Waals surface area contributed by atoms with Crippen molar-refractivity contribution < 1.29 is 24.1 Å². The number of para-hydroxylation sites is 1. The van der Waals surface area contributed by atoms with E-state index in [0.29, 0.717) is 5.82 Å². The van der Waals surface area contributed by atoms with Crippen molar-refractivity contribution in [3.05, 3.63) is 54.2 Å². The molecule has 0 aliphatic heterocycles. The zero-order valence-electron chi connectivity index (χ0n) is 9.32. The van der Waals surface area contributed by atoms with Crippen molar-refractivity contribution in [3.63, 3.8) is 0 Å².